The zero-order chi connectivity index (χ0) is 33.2. The standard InChI is InChI=1S/C46H31BrN2S/c47-45-40(31-14-4-1-5-15-31)30-50(35-18-8-3-9-19-35)46(45)49-42-23-13-11-21-37(42)39-29-33(25-27-44(39)49)32-24-26-43-38(28-32)36-20-10-12-22-41(36)48(43)34-16-6-2-7-17-34/h1-29H,30H2. The summed E-state index contributed by atoms with van der Waals surface area (Å²) in [5, 5.41) is 5.06. The van der Waals surface area contributed by atoms with Crippen molar-refractivity contribution in [2.24, 2.45) is 0 Å². The first kappa shape index (κ1) is 29.5. The number of allylic oxidation sites excluding steroid dienone is 1. The van der Waals surface area contributed by atoms with E-state index < -0.39 is 0 Å². The molecule has 4 heteroatoms. The van der Waals surface area contributed by atoms with Crippen molar-refractivity contribution in [2.45, 2.75) is 4.90 Å². The van der Waals surface area contributed by atoms with Crippen molar-refractivity contribution in [3.63, 3.8) is 0 Å². The van der Waals surface area contributed by atoms with E-state index in [2.05, 4.69) is 201 Å². The summed E-state index contributed by atoms with van der Waals surface area (Å²) >= 11 is 4.18. The molecule has 9 aromatic rings. The lowest BCUT2D eigenvalue weighted by Crippen LogP contribution is -2.10. The molecule has 1 aliphatic rings. The predicted molar refractivity (Wildman–Crippen MR) is 219 cm³/mol. The summed E-state index contributed by atoms with van der Waals surface area (Å²) in [6.45, 7) is 0. The predicted octanol–water partition coefficient (Wildman–Crippen LogP) is 12.7. The molecule has 1 atom stereocenters. The van der Waals surface area contributed by atoms with Gasteiger partial charge in [0.15, 0.2) is 0 Å². The number of nitrogens with zero attached hydrogens (tertiary/aromatic N) is 2. The van der Waals surface area contributed by atoms with Crippen molar-refractivity contribution < 1.29 is 0 Å². The summed E-state index contributed by atoms with van der Waals surface area (Å²) in [7, 11) is -0.158. The Morgan fingerprint density at radius 3 is 1.52 bits per heavy atom. The summed E-state index contributed by atoms with van der Waals surface area (Å²) in [6.07, 6.45) is 0. The van der Waals surface area contributed by atoms with Crippen molar-refractivity contribution in [2.75, 3.05) is 5.75 Å². The molecule has 1 aliphatic heterocycles. The van der Waals surface area contributed by atoms with Gasteiger partial charge >= 0.3 is 0 Å². The maximum atomic E-state index is 4.18. The van der Waals surface area contributed by atoms with Crippen LogP contribution in [0, 0.1) is 0 Å². The molecule has 0 saturated carbocycles. The Morgan fingerprint density at radius 1 is 0.420 bits per heavy atom. The highest BCUT2D eigenvalue weighted by Crippen LogP contribution is 2.47. The van der Waals surface area contributed by atoms with Gasteiger partial charge in [-0.15, -0.1) is 10.5 Å². The van der Waals surface area contributed by atoms with E-state index in [1.165, 1.54) is 85.9 Å². The molecule has 0 spiro atoms. The fraction of sp³-hybridized carbons (Fsp3) is 0.0217. The molecular weight excluding hydrogens is 692 g/mol. The van der Waals surface area contributed by atoms with Gasteiger partial charge in [-0.3, -0.25) is 0 Å². The molecule has 1 unspecified atom stereocenters. The molecule has 0 amide bonds. The molecule has 0 aliphatic carbocycles. The zero-order valence-corrected chi connectivity index (χ0v) is 29.5. The van der Waals surface area contributed by atoms with E-state index in [0.717, 1.165) is 5.75 Å². The Balaban J connectivity index is 1.19. The number of rotatable bonds is 4. The van der Waals surface area contributed by atoms with E-state index in [4.69, 9.17) is 0 Å². The van der Waals surface area contributed by atoms with Crippen molar-refractivity contribution >= 4 is 80.6 Å². The third-order valence-electron chi connectivity index (χ3n) is 10.0. The molecule has 2 nitrogen and oxygen atoms in total. The molecule has 0 N–H and O–H groups in total. The average molecular weight is 724 g/mol. The van der Waals surface area contributed by atoms with Crippen molar-refractivity contribution in [1.29, 1.82) is 0 Å². The Morgan fingerprint density at radius 2 is 0.900 bits per heavy atom. The maximum Gasteiger partial charge on any atom is 0.0900 e. The van der Waals surface area contributed by atoms with Crippen LogP contribution in [-0.4, -0.2) is 19.9 Å². The summed E-state index contributed by atoms with van der Waals surface area (Å²) < 4.78 is 6.10. The van der Waals surface area contributed by atoms with Crippen LogP contribution in [-0.2, 0) is 0 Å². The Kier molecular flexibility index (Phi) is 7.00. The van der Waals surface area contributed by atoms with Gasteiger partial charge in [-0.25, -0.2) is 0 Å². The van der Waals surface area contributed by atoms with Crippen LogP contribution in [0.15, 0.2) is 185 Å². The smallest absolute Gasteiger partial charge is 0.0900 e. The van der Waals surface area contributed by atoms with E-state index in [9.17, 15) is 0 Å². The summed E-state index contributed by atoms with van der Waals surface area (Å²) in [5.74, 6) is 0.965. The molecule has 0 fully saturated rings. The number of hydrogen-bond acceptors (Lipinski definition) is 0. The van der Waals surface area contributed by atoms with Gasteiger partial charge < -0.3 is 9.13 Å². The molecule has 50 heavy (non-hydrogen) atoms. The summed E-state index contributed by atoms with van der Waals surface area (Å²) in [6, 6.07) is 64.2. The molecule has 7 aromatic carbocycles. The Labute approximate surface area is 301 Å². The average Bonchev–Trinajstić information content (AvgIpc) is 3.82. The van der Waals surface area contributed by atoms with E-state index >= 15 is 0 Å². The second-order valence-corrected chi connectivity index (χ2v) is 15.5. The molecule has 0 radical (unpaired) electrons. The van der Waals surface area contributed by atoms with E-state index in [1.54, 1.807) is 0 Å². The first-order valence-electron chi connectivity index (χ1n) is 16.9. The molecule has 238 valence electrons. The maximum absolute atomic E-state index is 4.18. The van der Waals surface area contributed by atoms with Crippen LogP contribution in [0.2, 0.25) is 0 Å². The van der Waals surface area contributed by atoms with Crippen molar-refractivity contribution in [1.82, 2.24) is 9.13 Å². The van der Waals surface area contributed by atoms with Gasteiger partial charge in [0.25, 0.3) is 0 Å². The SMILES string of the molecule is BrC1=C(c2ccccc2)CS(c2ccccc2)=C1n1c2ccccc2c2cc(-c3ccc4c(c3)c3ccccc3n4-c3ccccc3)ccc21. The van der Waals surface area contributed by atoms with Gasteiger partial charge in [-0.2, -0.15) is 0 Å². The van der Waals surface area contributed by atoms with Crippen molar-refractivity contribution in [3.05, 3.63) is 186 Å². The van der Waals surface area contributed by atoms with Crippen LogP contribution in [0.4, 0.5) is 0 Å². The fourth-order valence-corrected chi connectivity index (χ4v) is 11.4. The molecule has 3 heterocycles. The Bertz CT molecular complexity index is 2830. The minimum Gasteiger partial charge on any atom is -0.309 e. The van der Waals surface area contributed by atoms with Crippen LogP contribution in [0.25, 0.3) is 66.0 Å². The van der Waals surface area contributed by atoms with E-state index in [-0.39, 0.29) is 10.5 Å². The van der Waals surface area contributed by atoms with Crippen LogP contribution in [0.5, 0.6) is 0 Å². The quantitative estimate of drug-likeness (QED) is 0.160. The lowest BCUT2D eigenvalue weighted by atomic mass is 10.0. The van der Waals surface area contributed by atoms with Gasteiger partial charge in [0.05, 0.1) is 31.5 Å². The number of fused-ring (bicyclic) bond motifs is 6. The topological polar surface area (TPSA) is 9.86 Å². The number of hydrogen-bond donors (Lipinski definition) is 0. The van der Waals surface area contributed by atoms with Crippen LogP contribution in [0.3, 0.4) is 0 Å². The summed E-state index contributed by atoms with van der Waals surface area (Å²) in [4.78, 5) is 2.68. The molecule has 10 rings (SSSR count). The van der Waals surface area contributed by atoms with E-state index in [1.807, 2.05) is 0 Å². The van der Waals surface area contributed by atoms with Gasteiger partial charge in [-0.05, 0) is 98.9 Å². The minimum absolute atomic E-state index is 0.158. The highest BCUT2D eigenvalue weighted by atomic mass is 79.9. The highest BCUT2D eigenvalue weighted by Gasteiger charge is 2.28. The largest absolute Gasteiger partial charge is 0.309 e. The first-order valence-corrected chi connectivity index (χ1v) is 19.1. The lowest BCUT2D eigenvalue weighted by Gasteiger charge is -2.15. The highest BCUT2D eigenvalue weighted by molar-refractivity contribution is 9.12. The van der Waals surface area contributed by atoms with Gasteiger partial charge in [0, 0.05) is 37.9 Å². The Hall–Kier alpha value is -5.42. The van der Waals surface area contributed by atoms with Gasteiger partial charge in [0.2, 0.25) is 0 Å². The van der Waals surface area contributed by atoms with Crippen LogP contribution in [0.1, 0.15) is 5.56 Å². The van der Waals surface area contributed by atoms with E-state index in [0.29, 0.717) is 0 Å². The zero-order valence-electron chi connectivity index (χ0n) is 27.1. The third kappa shape index (κ3) is 4.59. The second-order valence-electron chi connectivity index (χ2n) is 12.8. The fourth-order valence-electron chi connectivity index (χ4n) is 7.73. The minimum atomic E-state index is -0.158. The molecular formula is C46H31BrN2S. The van der Waals surface area contributed by atoms with Gasteiger partial charge in [0.1, 0.15) is 0 Å². The molecule has 2 aromatic heterocycles. The lowest BCUT2D eigenvalue weighted by molar-refractivity contribution is 1.18. The monoisotopic (exact) mass is 722 g/mol. The van der Waals surface area contributed by atoms with Crippen LogP contribution < -0.4 is 0 Å². The molecule has 0 saturated heterocycles. The number of benzene rings is 7. The number of halogens is 1. The first-order chi connectivity index (χ1) is 24.7. The number of para-hydroxylation sites is 3. The third-order valence-corrected chi connectivity index (χ3v) is 13.4. The van der Waals surface area contributed by atoms with Crippen LogP contribution >= 0.6 is 26.4 Å². The summed E-state index contributed by atoms with van der Waals surface area (Å²) in [5.41, 5.74) is 11.1. The van der Waals surface area contributed by atoms with Gasteiger partial charge in [-0.1, -0.05) is 115 Å². The second kappa shape index (κ2) is 11.9. The van der Waals surface area contributed by atoms with Crippen molar-refractivity contribution in [3.8, 4) is 16.8 Å². The molecule has 0 bridgehead atoms. The normalized spacial score (nSPS) is 14.9. The number of aromatic nitrogens is 2.